The van der Waals surface area contributed by atoms with E-state index in [2.05, 4.69) is 15.3 Å². The minimum Gasteiger partial charge on any atom is -0.394 e. The Morgan fingerprint density at radius 3 is 2.78 bits per heavy atom. The second-order valence-corrected chi connectivity index (χ2v) is 4.34. The van der Waals surface area contributed by atoms with Gasteiger partial charge in [0.05, 0.1) is 12.3 Å². The fourth-order valence-electron chi connectivity index (χ4n) is 2.10. The summed E-state index contributed by atoms with van der Waals surface area (Å²) in [7, 11) is 0. The smallest absolute Gasteiger partial charge is 0.242 e. The van der Waals surface area contributed by atoms with Crippen molar-refractivity contribution in [1.82, 2.24) is 9.97 Å². The van der Waals surface area contributed by atoms with Gasteiger partial charge in [-0.2, -0.15) is 4.98 Å². The number of aliphatic hydroxyl groups is 1. The van der Waals surface area contributed by atoms with Crippen LogP contribution in [-0.4, -0.2) is 33.6 Å². The Hall–Kier alpha value is -1.89. The number of nitrogen functional groups attached to an aromatic ring is 1. The lowest BCUT2D eigenvalue weighted by Crippen LogP contribution is -2.39. The maximum absolute atomic E-state index is 11.1. The van der Waals surface area contributed by atoms with Crippen LogP contribution in [0.15, 0.2) is 0 Å². The van der Waals surface area contributed by atoms with Crippen LogP contribution in [0.5, 0.6) is 0 Å². The van der Waals surface area contributed by atoms with Crippen LogP contribution in [0.1, 0.15) is 24.1 Å². The molecule has 1 atom stereocenters. The molecule has 1 aliphatic carbocycles. The fraction of sp³-hybridized carbons (Fsp3) is 0.545. The Morgan fingerprint density at radius 1 is 1.39 bits per heavy atom. The zero-order chi connectivity index (χ0) is 13.1. The van der Waals surface area contributed by atoms with E-state index in [0.29, 0.717) is 5.82 Å². The van der Waals surface area contributed by atoms with Crippen molar-refractivity contribution in [3.05, 3.63) is 11.3 Å². The average Bonchev–Trinajstić information content (AvgIpc) is 2.35. The Kier molecular flexibility index (Phi) is 3.61. The number of carbonyl (C=O) groups is 1. The van der Waals surface area contributed by atoms with Crippen LogP contribution in [0.25, 0.3) is 0 Å². The van der Waals surface area contributed by atoms with Gasteiger partial charge >= 0.3 is 0 Å². The van der Waals surface area contributed by atoms with Crippen molar-refractivity contribution in [2.75, 3.05) is 17.7 Å². The highest BCUT2D eigenvalue weighted by Crippen LogP contribution is 2.26. The second-order valence-electron chi connectivity index (χ2n) is 4.34. The molecule has 0 fully saturated rings. The Labute approximate surface area is 105 Å². The number of aryl methyl sites for hydroxylation is 1. The molecule has 98 valence electrons. The van der Waals surface area contributed by atoms with Gasteiger partial charge < -0.3 is 21.9 Å². The minimum absolute atomic E-state index is 0.166. The van der Waals surface area contributed by atoms with E-state index in [1.165, 1.54) is 0 Å². The summed E-state index contributed by atoms with van der Waals surface area (Å²) in [5, 5.41) is 11.9. The third-order valence-electron chi connectivity index (χ3n) is 3.04. The molecule has 0 radical (unpaired) electrons. The highest BCUT2D eigenvalue weighted by atomic mass is 16.3. The molecule has 0 saturated carbocycles. The number of primary amides is 1. The second kappa shape index (κ2) is 5.18. The average molecular weight is 251 g/mol. The summed E-state index contributed by atoms with van der Waals surface area (Å²) in [6.45, 7) is -0.381. The predicted octanol–water partition coefficient (Wildman–Crippen LogP) is -0.804. The zero-order valence-corrected chi connectivity index (χ0v) is 10.0. The van der Waals surface area contributed by atoms with E-state index < -0.39 is 11.9 Å². The first-order chi connectivity index (χ1) is 8.61. The van der Waals surface area contributed by atoms with Crippen LogP contribution >= 0.6 is 0 Å². The number of nitrogens with two attached hydrogens (primary N) is 2. The van der Waals surface area contributed by atoms with Crippen LogP contribution in [0.3, 0.4) is 0 Å². The van der Waals surface area contributed by atoms with Crippen LogP contribution < -0.4 is 16.8 Å². The van der Waals surface area contributed by atoms with Gasteiger partial charge in [-0.25, -0.2) is 4.98 Å². The van der Waals surface area contributed by atoms with Gasteiger partial charge in [0.1, 0.15) is 11.9 Å². The lowest BCUT2D eigenvalue weighted by atomic mass is 9.96. The standard InChI is InChI=1S/C11H17N5O2/c12-9(18)8(5-17)14-10-6-3-1-2-4-7(6)15-11(13)16-10/h8,17H,1-5H2,(H2,12,18)(H3,13,14,15,16)/t8-/m0/s1. The van der Waals surface area contributed by atoms with Gasteiger partial charge in [0.15, 0.2) is 0 Å². The van der Waals surface area contributed by atoms with Gasteiger partial charge in [0.2, 0.25) is 11.9 Å². The topological polar surface area (TPSA) is 127 Å². The van der Waals surface area contributed by atoms with Crippen molar-refractivity contribution in [2.24, 2.45) is 5.73 Å². The summed E-state index contributed by atoms with van der Waals surface area (Å²) in [5.41, 5.74) is 12.7. The van der Waals surface area contributed by atoms with E-state index >= 15 is 0 Å². The van der Waals surface area contributed by atoms with Gasteiger partial charge in [0, 0.05) is 5.56 Å². The van der Waals surface area contributed by atoms with Crippen molar-refractivity contribution < 1.29 is 9.90 Å². The van der Waals surface area contributed by atoms with Gasteiger partial charge in [-0.15, -0.1) is 0 Å². The van der Waals surface area contributed by atoms with E-state index in [4.69, 9.17) is 16.6 Å². The Morgan fingerprint density at radius 2 is 2.11 bits per heavy atom. The molecule has 1 aromatic heterocycles. The molecule has 0 saturated heterocycles. The molecule has 18 heavy (non-hydrogen) atoms. The van der Waals surface area contributed by atoms with Crippen molar-refractivity contribution in [1.29, 1.82) is 0 Å². The number of fused-ring (bicyclic) bond motifs is 1. The highest BCUT2D eigenvalue weighted by Gasteiger charge is 2.21. The largest absolute Gasteiger partial charge is 0.394 e. The van der Waals surface area contributed by atoms with E-state index in [1.807, 2.05) is 0 Å². The van der Waals surface area contributed by atoms with Crippen molar-refractivity contribution in [2.45, 2.75) is 31.7 Å². The summed E-state index contributed by atoms with van der Waals surface area (Å²) in [5.74, 6) is 0.0496. The molecular weight excluding hydrogens is 234 g/mol. The summed E-state index contributed by atoms with van der Waals surface area (Å²) in [6.07, 6.45) is 3.82. The van der Waals surface area contributed by atoms with Crippen molar-refractivity contribution in [3.63, 3.8) is 0 Å². The molecule has 0 aromatic carbocycles. The van der Waals surface area contributed by atoms with Crippen LogP contribution in [0, 0.1) is 0 Å². The molecule has 0 aliphatic heterocycles. The number of aromatic nitrogens is 2. The number of nitrogens with one attached hydrogen (secondary N) is 1. The number of nitrogens with zero attached hydrogens (tertiary/aromatic N) is 2. The SMILES string of the molecule is NC(=O)[C@H](CO)Nc1nc(N)nc2c1CCCC2. The molecule has 1 heterocycles. The van der Waals surface area contributed by atoms with Crippen molar-refractivity contribution >= 4 is 17.7 Å². The first-order valence-corrected chi connectivity index (χ1v) is 5.93. The molecule has 2 rings (SSSR count). The van der Waals surface area contributed by atoms with Crippen LogP contribution in [-0.2, 0) is 17.6 Å². The number of aliphatic hydroxyl groups excluding tert-OH is 1. The summed E-state index contributed by atoms with van der Waals surface area (Å²) in [6, 6.07) is -0.856. The third-order valence-corrected chi connectivity index (χ3v) is 3.04. The number of hydrogen-bond acceptors (Lipinski definition) is 6. The van der Waals surface area contributed by atoms with E-state index in [0.717, 1.165) is 36.9 Å². The number of carbonyl (C=O) groups excluding carboxylic acids is 1. The molecule has 1 amide bonds. The Bertz CT molecular complexity index is 463. The summed E-state index contributed by atoms with van der Waals surface area (Å²) >= 11 is 0. The Balaban J connectivity index is 2.31. The van der Waals surface area contributed by atoms with Gasteiger partial charge in [-0.05, 0) is 25.7 Å². The third kappa shape index (κ3) is 2.51. The number of rotatable bonds is 4. The molecule has 6 N–H and O–H groups in total. The molecule has 0 bridgehead atoms. The van der Waals surface area contributed by atoms with E-state index in [-0.39, 0.29) is 12.6 Å². The summed E-state index contributed by atoms with van der Waals surface area (Å²) < 4.78 is 0. The predicted molar refractivity (Wildman–Crippen MR) is 66.8 cm³/mol. The van der Waals surface area contributed by atoms with Gasteiger partial charge in [-0.3, -0.25) is 4.79 Å². The first-order valence-electron chi connectivity index (χ1n) is 5.93. The molecular formula is C11H17N5O2. The lowest BCUT2D eigenvalue weighted by molar-refractivity contribution is -0.119. The minimum atomic E-state index is -0.856. The summed E-state index contributed by atoms with van der Waals surface area (Å²) in [4.78, 5) is 19.4. The molecule has 0 spiro atoms. The molecule has 7 nitrogen and oxygen atoms in total. The fourth-order valence-corrected chi connectivity index (χ4v) is 2.10. The first kappa shape index (κ1) is 12.6. The van der Waals surface area contributed by atoms with Crippen LogP contribution in [0.2, 0.25) is 0 Å². The highest BCUT2D eigenvalue weighted by molar-refractivity contribution is 5.83. The number of amides is 1. The number of hydrogen-bond donors (Lipinski definition) is 4. The monoisotopic (exact) mass is 251 g/mol. The molecule has 1 aliphatic rings. The lowest BCUT2D eigenvalue weighted by Gasteiger charge is -2.21. The molecule has 1 aromatic rings. The van der Waals surface area contributed by atoms with E-state index in [1.54, 1.807) is 0 Å². The van der Waals surface area contributed by atoms with Gasteiger partial charge in [-0.1, -0.05) is 0 Å². The molecule has 0 unspecified atom stereocenters. The maximum Gasteiger partial charge on any atom is 0.242 e. The maximum atomic E-state index is 11.1. The van der Waals surface area contributed by atoms with Gasteiger partial charge in [0.25, 0.3) is 0 Å². The molecule has 7 heteroatoms. The van der Waals surface area contributed by atoms with Crippen LogP contribution in [0.4, 0.5) is 11.8 Å². The quantitative estimate of drug-likeness (QED) is 0.554. The van der Waals surface area contributed by atoms with E-state index in [9.17, 15) is 4.79 Å². The van der Waals surface area contributed by atoms with Crippen molar-refractivity contribution in [3.8, 4) is 0 Å². The zero-order valence-electron chi connectivity index (χ0n) is 10.0. The number of anilines is 2. The normalized spacial score (nSPS) is 15.8.